The van der Waals surface area contributed by atoms with Gasteiger partial charge in [-0.3, -0.25) is 9.36 Å². The fourth-order valence-electron chi connectivity index (χ4n) is 3.83. The van der Waals surface area contributed by atoms with E-state index in [1.165, 1.54) is 24.3 Å². The number of carbonyl (C=O) groups is 1. The Balaban J connectivity index is 1.84. The number of aliphatic hydroxyl groups excluding tert-OH is 1. The van der Waals surface area contributed by atoms with Crippen LogP contribution in [-0.2, 0) is 19.3 Å². The Morgan fingerprint density at radius 1 is 1.05 bits per heavy atom. The van der Waals surface area contributed by atoms with E-state index in [2.05, 4.69) is 25.5 Å². The lowest BCUT2D eigenvalue weighted by molar-refractivity contribution is -0.207. The molecule has 0 saturated carbocycles. The molecule has 4 aromatic rings. The van der Waals surface area contributed by atoms with Crippen LogP contribution in [0.2, 0.25) is 5.02 Å². The molecule has 43 heavy (non-hydrogen) atoms. The minimum atomic E-state index is -5.06. The first-order valence-corrected chi connectivity index (χ1v) is 12.7. The van der Waals surface area contributed by atoms with E-state index in [4.69, 9.17) is 11.6 Å². The van der Waals surface area contributed by atoms with Crippen molar-refractivity contribution < 1.29 is 36.2 Å². The lowest BCUT2D eigenvalue weighted by Crippen LogP contribution is -2.41. The maximum atomic E-state index is 13.8. The number of halogens is 7. The summed E-state index contributed by atoms with van der Waals surface area (Å²) in [5.74, 6) is -2.96. The molecule has 3 heterocycles. The molecule has 18 heteroatoms. The Morgan fingerprint density at radius 2 is 1.70 bits per heavy atom. The van der Waals surface area contributed by atoms with Crippen LogP contribution in [-0.4, -0.2) is 62.9 Å². The van der Waals surface area contributed by atoms with Crippen LogP contribution in [0.5, 0.6) is 0 Å². The first-order chi connectivity index (χ1) is 19.8. The highest BCUT2D eigenvalue weighted by atomic mass is 35.5. The summed E-state index contributed by atoms with van der Waals surface area (Å²) in [4.78, 5) is 34.1. The van der Waals surface area contributed by atoms with Gasteiger partial charge in [-0.05, 0) is 57.2 Å². The monoisotopic (exact) mass is 632 g/mol. The van der Waals surface area contributed by atoms with Gasteiger partial charge in [0.1, 0.15) is 12.1 Å². The molecular weight excluding hydrogens is 610 g/mol. The summed E-state index contributed by atoms with van der Waals surface area (Å²) in [5, 5.41) is 20.6. The summed E-state index contributed by atoms with van der Waals surface area (Å²) in [7, 11) is 0. The van der Waals surface area contributed by atoms with E-state index in [0.29, 0.717) is 13.9 Å². The quantitative estimate of drug-likeness (QED) is 0.296. The number of amides is 1. The van der Waals surface area contributed by atoms with Crippen molar-refractivity contribution >= 4 is 17.5 Å². The van der Waals surface area contributed by atoms with Gasteiger partial charge in [-0.2, -0.15) is 31.0 Å². The molecule has 0 fully saturated rings. The van der Waals surface area contributed by atoms with E-state index in [0.717, 1.165) is 18.3 Å². The topological polar surface area (TPSA) is 133 Å². The van der Waals surface area contributed by atoms with Gasteiger partial charge in [0.2, 0.25) is 5.82 Å². The third-order valence-corrected chi connectivity index (χ3v) is 5.94. The second kappa shape index (κ2) is 11.4. The molecule has 0 aliphatic heterocycles. The van der Waals surface area contributed by atoms with Gasteiger partial charge in [-0.1, -0.05) is 11.6 Å². The summed E-state index contributed by atoms with van der Waals surface area (Å²) in [6.45, 7) is 2.96. The minimum Gasteiger partial charge on any atom is -0.382 e. The van der Waals surface area contributed by atoms with Crippen LogP contribution in [0.1, 0.15) is 42.8 Å². The standard InChI is InChI=1S/C25H23ClF6N8O3/c1-23(2,3)35-21(42)20-34-17(36-40(20)19-15(24(27,28)29)5-4-10-33-19)12-39-22(43)38(11-16(41)25(30,31)32)18(37-39)13-6-8-14(26)9-7-13/h4-10,16,41H,11-12H2,1-3H3,(H,35,42). The molecule has 3 aromatic heterocycles. The molecule has 0 spiro atoms. The van der Waals surface area contributed by atoms with Gasteiger partial charge in [-0.15, -0.1) is 10.2 Å². The van der Waals surface area contributed by atoms with Crippen LogP contribution >= 0.6 is 11.6 Å². The van der Waals surface area contributed by atoms with Crippen LogP contribution < -0.4 is 11.0 Å². The summed E-state index contributed by atoms with van der Waals surface area (Å²) in [6, 6.07) is 7.34. The maximum absolute atomic E-state index is 13.8. The molecule has 0 saturated heterocycles. The van der Waals surface area contributed by atoms with Crippen molar-refractivity contribution in [1.29, 1.82) is 0 Å². The van der Waals surface area contributed by atoms with Crippen LogP contribution in [0.15, 0.2) is 47.4 Å². The number of alkyl halides is 6. The lowest BCUT2D eigenvalue weighted by atomic mass is 10.1. The molecule has 0 bridgehead atoms. The Labute approximate surface area is 243 Å². The van der Waals surface area contributed by atoms with Crippen molar-refractivity contribution in [3.63, 3.8) is 0 Å². The number of aromatic nitrogens is 7. The normalized spacial score (nSPS) is 13.3. The molecule has 230 valence electrons. The fraction of sp³-hybridized carbons (Fsp3) is 0.360. The fourth-order valence-corrected chi connectivity index (χ4v) is 3.96. The van der Waals surface area contributed by atoms with Crippen LogP contribution in [0.4, 0.5) is 26.3 Å². The van der Waals surface area contributed by atoms with Gasteiger partial charge in [0, 0.05) is 22.3 Å². The Kier molecular flexibility index (Phi) is 8.43. The number of hydrogen-bond donors (Lipinski definition) is 2. The van der Waals surface area contributed by atoms with Gasteiger partial charge in [0.15, 0.2) is 23.6 Å². The van der Waals surface area contributed by atoms with Gasteiger partial charge >= 0.3 is 18.0 Å². The first-order valence-electron chi connectivity index (χ1n) is 12.3. The third-order valence-electron chi connectivity index (χ3n) is 5.69. The number of aliphatic hydroxyl groups is 1. The zero-order chi connectivity index (χ0) is 31.9. The largest absolute Gasteiger partial charge is 0.420 e. The number of hydrogen-bond acceptors (Lipinski definition) is 7. The molecule has 1 unspecified atom stereocenters. The predicted octanol–water partition coefficient (Wildman–Crippen LogP) is 3.86. The van der Waals surface area contributed by atoms with E-state index in [1.54, 1.807) is 20.8 Å². The molecule has 1 aromatic carbocycles. The smallest absolute Gasteiger partial charge is 0.382 e. The van der Waals surface area contributed by atoms with Gasteiger partial charge < -0.3 is 10.4 Å². The summed E-state index contributed by atoms with van der Waals surface area (Å²) < 4.78 is 82.7. The molecule has 1 atom stereocenters. The number of nitrogens with zero attached hydrogens (tertiary/aromatic N) is 7. The third kappa shape index (κ3) is 7.22. The van der Waals surface area contributed by atoms with E-state index < -0.39 is 65.9 Å². The van der Waals surface area contributed by atoms with Crippen molar-refractivity contribution in [3.05, 3.63) is 75.3 Å². The highest BCUT2D eigenvalue weighted by Crippen LogP contribution is 2.33. The second-order valence-corrected chi connectivity index (χ2v) is 10.7. The minimum absolute atomic E-state index is 0.168. The number of rotatable bonds is 7. The average Bonchev–Trinajstić information content (AvgIpc) is 3.44. The molecule has 11 nitrogen and oxygen atoms in total. The molecule has 0 radical (unpaired) electrons. The van der Waals surface area contributed by atoms with E-state index in [1.807, 2.05) is 0 Å². The molecule has 4 rings (SSSR count). The highest BCUT2D eigenvalue weighted by molar-refractivity contribution is 6.30. The highest BCUT2D eigenvalue weighted by Gasteiger charge is 2.40. The molecule has 2 N–H and O–H groups in total. The first kappa shape index (κ1) is 31.7. The predicted molar refractivity (Wildman–Crippen MR) is 139 cm³/mol. The Morgan fingerprint density at radius 3 is 2.28 bits per heavy atom. The van der Waals surface area contributed by atoms with Crippen molar-refractivity contribution in [2.75, 3.05) is 0 Å². The average molecular weight is 633 g/mol. The number of benzene rings is 1. The van der Waals surface area contributed by atoms with Crippen LogP contribution in [0, 0.1) is 0 Å². The summed E-state index contributed by atoms with van der Waals surface area (Å²) >= 11 is 5.89. The number of pyridine rings is 1. The molecular formula is C25H23ClF6N8O3. The summed E-state index contributed by atoms with van der Waals surface area (Å²) in [6.07, 6.45) is -11.8. The molecule has 1 amide bonds. The number of carbonyl (C=O) groups excluding carboxylic acids is 1. The molecule has 0 aliphatic rings. The van der Waals surface area contributed by atoms with Gasteiger partial charge in [0.25, 0.3) is 5.91 Å². The van der Waals surface area contributed by atoms with Gasteiger partial charge in [-0.25, -0.2) is 19.4 Å². The van der Waals surface area contributed by atoms with E-state index in [-0.39, 0.29) is 22.2 Å². The van der Waals surface area contributed by atoms with Gasteiger partial charge in [0.05, 0.1) is 6.54 Å². The zero-order valence-corrected chi connectivity index (χ0v) is 23.3. The summed E-state index contributed by atoms with van der Waals surface area (Å²) in [5.41, 5.74) is -3.03. The van der Waals surface area contributed by atoms with E-state index in [9.17, 15) is 41.0 Å². The molecule has 0 aliphatic carbocycles. The van der Waals surface area contributed by atoms with E-state index >= 15 is 0 Å². The number of nitrogens with one attached hydrogen (secondary N) is 1. The lowest BCUT2D eigenvalue weighted by Gasteiger charge is -2.20. The van der Waals surface area contributed by atoms with Crippen molar-refractivity contribution in [2.45, 2.75) is 57.9 Å². The second-order valence-electron chi connectivity index (χ2n) is 10.3. The van der Waals surface area contributed by atoms with Crippen LogP contribution in [0.3, 0.4) is 0 Å². The van der Waals surface area contributed by atoms with Crippen molar-refractivity contribution in [2.24, 2.45) is 0 Å². The Bertz CT molecular complexity index is 1690. The van der Waals surface area contributed by atoms with Crippen LogP contribution in [0.25, 0.3) is 17.2 Å². The zero-order valence-electron chi connectivity index (χ0n) is 22.6. The Hall–Kier alpha value is -4.25. The van der Waals surface area contributed by atoms with Crippen molar-refractivity contribution in [3.8, 4) is 17.2 Å². The maximum Gasteiger partial charge on any atom is 0.420 e. The SMILES string of the molecule is CC(C)(C)NC(=O)c1nc(Cn2nc(-c3ccc(Cl)cc3)n(CC(O)C(F)(F)F)c2=O)nn1-c1ncccc1C(F)(F)F. The van der Waals surface area contributed by atoms with Crippen molar-refractivity contribution in [1.82, 2.24) is 39.4 Å².